The van der Waals surface area contributed by atoms with E-state index in [0.29, 0.717) is 5.25 Å². The van der Waals surface area contributed by atoms with Crippen molar-refractivity contribution in [1.29, 1.82) is 0 Å². The molecule has 0 aliphatic carbocycles. The Morgan fingerprint density at radius 2 is 2.31 bits per heavy atom. The van der Waals surface area contributed by atoms with Gasteiger partial charge in [-0.3, -0.25) is 0 Å². The van der Waals surface area contributed by atoms with Crippen molar-refractivity contribution in [3.63, 3.8) is 0 Å². The second-order valence-corrected chi connectivity index (χ2v) is 4.93. The Bertz CT molecular complexity index is 184. The molecule has 1 unspecified atom stereocenters. The summed E-state index contributed by atoms with van der Waals surface area (Å²) < 4.78 is 0. The van der Waals surface area contributed by atoms with E-state index in [1.807, 2.05) is 30.8 Å². The van der Waals surface area contributed by atoms with Crippen molar-refractivity contribution in [1.82, 2.24) is 9.80 Å². The highest BCUT2D eigenvalue weighted by Crippen LogP contribution is 2.21. The van der Waals surface area contributed by atoms with E-state index in [4.69, 9.17) is 0 Å². The number of carbonyl (C=O) groups excluding carboxylic acids is 1. The molecule has 0 aromatic rings. The molecule has 1 atom stereocenters. The molecule has 1 aliphatic rings. The molecule has 13 heavy (non-hydrogen) atoms. The van der Waals surface area contributed by atoms with Gasteiger partial charge in [0.15, 0.2) is 0 Å². The summed E-state index contributed by atoms with van der Waals surface area (Å²) >= 11 is 1.98. The van der Waals surface area contributed by atoms with Crippen LogP contribution >= 0.6 is 11.8 Å². The minimum Gasteiger partial charge on any atom is -0.331 e. The predicted molar refractivity (Wildman–Crippen MR) is 57.2 cm³/mol. The molecular weight excluding hydrogens is 184 g/mol. The van der Waals surface area contributed by atoms with Gasteiger partial charge in [0.2, 0.25) is 0 Å². The highest BCUT2D eigenvalue weighted by Gasteiger charge is 2.23. The van der Waals surface area contributed by atoms with Crippen molar-refractivity contribution in [3.8, 4) is 0 Å². The minimum absolute atomic E-state index is 0.152. The summed E-state index contributed by atoms with van der Waals surface area (Å²) in [5.74, 6) is 1.08. The van der Waals surface area contributed by atoms with E-state index >= 15 is 0 Å². The average molecular weight is 202 g/mol. The van der Waals surface area contributed by atoms with Crippen LogP contribution in [0.4, 0.5) is 4.79 Å². The van der Waals surface area contributed by atoms with Crippen molar-refractivity contribution >= 4 is 17.8 Å². The molecule has 1 aliphatic heterocycles. The van der Waals surface area contributed by atoms with Crippen LogP contribution < -0.4 is 0 Å². The molecule has 0 spiro atoms. The highest BCUT2D eigenvalue weighted by molar-refractivity contribution is 8.00. The van der Waals surface area contributed by atoms with Crippen LogP contribution in [-0.4, -0.2) is 54.0 Å². The maximum absolute atomic E-state index is 11.6. The molecule has 0 aromatic heterocycles. The molecule has 0 N–H and O–H groups in total. The van der Waals surface area contributed by atoms with Gasteiger partial charge in [0.25, 0.3) is 0 Å². The number of hydrogen-bond acceptors (Lipinski definition) is 2. The third-order valence-electron chi connectivity index (χ3n) is 2.25. The van der Waals surface area contributed by atoms with Crippen molar-refractivity contribution in [2.75, 3.05) is 32.9 Å². The van der Waals surface area contributed by atoms with Gasteiger partial charge in [-0.05, 0) is 6.42 Å². The van der Waals surface area contributed by atoms with Crippen molar-refractivity contribution in [3.05, 3.63) is 0 Å². The van der Waals surface area contributed by atoms with Crippen LogP contribution in [0.1, 0.15) is 13.3 Å². The summed E-state index contributed by atoms with van der Waals surface area (Å²) in [5, 5.41) is 0.637. The predicted octanol–water partition coefficient (Wildman–Crippen LogP) is 1.50. The summed E-state index contributed by atoms with van der Waals surface area (Å²) in [6.07, 6.45) is 1.15. The van der Waals surface area contributed by atoms with Crippen molar-refractivity contribution < 1.29 is 4.79 Å². The Hall–Kier alpha value is -0.380. The zero-order chi connectivity index (χ0) is 9.84. The van der Waals surface area contributed by atoms with Gasteiger partial charge in [0.05, 0.1) is 0 Å². The summed E-state index contributed by atoms with van der Waals surface area (Å²) in [6.45, 7) is 4.00. The van der Waals surface area contributed by atoms with Gasteiger partial charge >= 0.3 is 6.03 Å². The second kappa shape index (κ2) is 4.74. The van der Waals surface area contributed by atoms with Crippen LogP contribution in [-0.2, 0) is 0 Å². The molecule has 2 amide bonds. The highest BCUT2D eigenvalue weighted by atomic mass is 32.2. The lowest BCUT2D eigenvalue weighted by Gasteiger charge is -2.33. The Morgan fingerprint density at radius 3 is 2.85 bits per heavy atom. The molecule has 0 saturated carbocycles. The van der Waals surface area contributed by atoms with E-state index in [-0.39, 0.29) is 6.03 Å². The smallest absolute Gasteiger partial charge is 0.319 e. The summed E-state index contributed by atoms with van der Waals surface area (Å²) in [4.78, 5) is 15.2. The Morgan fingerprint density at radius 1 is 1.62 bits per heavy atom. The molecule has 1 heterocycles. The van der Waals surface area contributed by atoms with Crippen LogP contribution in [0.5, 0.6) is 0 Å². The molecule has 76 valence electrons. The quantitative estimate of drug-likeness (QED) is 0.643. The van der Waals surface area contributed by atoms with Crippen molar-refractivity contribution in [2.24, 2.45) is 0 Å². The van der Waals surface area contributed by atoms with Crippen molar-refractivity contribution in [2.45, 2.75) is 18.6 Å². The molecule has 0 aromatic carbocycles. The van der Waals surface area contributed by atoms with E-state index in [1.165, 1.54) is 0 Å². The van der Waals surface area contributed by atoms with Gasteiger partial charge in [0.1, 0.15) is 0 Å². The SMILES string of the molecule is CCC1CN(C(=O)N(C)C)CCS1. The fraction of sp³-hybridized carbons (Fsp3) is 0.889. The lowest BCUT2D eigenvalue weighted by molar-refractivity contribution is 0.172. The lowest BCUT2D eigenvalue weighted by atomic mass is 10.3. The first kappa shape index (κ1) is 10.7. The van der Waals surface area contributed by atoms with E-state index < -0.39 is 0 Å². The third kappa shape index (κ3) is 2.79. The first-order valence-electron chi connectivity index (χ1n) is 4.73. The Kier molecular flexibility index (Phi) is 3.90. The topological polar surface area (TPSA) is 23.6 Å². The number of hydrogen-bond donors (Lipinski definition) is 0. The number of nitrogens with zero attached hydrogens (tertiary/aromatic N) is 2. The second-order valence-electron chi connectivity index (χ2n) is 3.52. The number of urea groups is 1. The van der Waals surface area contributed by atoms with Crippen LogP contribution in [0.15, 0.2) is 0 Å². The number of thioether (sulfide) groups is 1. The van der Waals surface area contributed by atoms with Crippen LogP contribution in [0.25, 0.3) is 0 Å². The molecule has 0 radical (unpaired) electrons. The summed E-state index contributed by atoms with van der Waals surface area (Å²) in [7, 11) is 3.62. The van der Waals surface area contributed by atoms with E-state index in [1.54, 1.807) is 4.90 Å². The van der Waals surface area contributed by atoms with E-state index in [2.05, 4.69) is 6.92 Å². The normalized spacial score (nSPS) is 23.0. The van der Waals surface area contributed by atoms with Gasteiger partial charge in [-0.15, -0.1) is 0 Å². The fourth-order valence-corrected chi connectivity index (χ4v) is 2.60. The lowest BCUT2D eigenvalue weighted by Crippen LogP contribution is -2.46. The minimum atomic E-state index is 0.152. The van der Waals surface area contributed by atoms with Crippen LogP contribution in [0.3, 0.4) is 0 Å². The molecule has 4 heteroatoms. The first-order chi connectivity index (χ1) is 6.15. The largest absolute Gasteiger partial charge is 0.331 e. The van der Waals surface area contributed by atoms with Crippen LogP contribution in [0.2, 0.25) is 0 Å². The zero-order valence-corrected chi connectivity index (χ0v) is 9.43. The zero-order valence-electron chi connectivity index (χ0n) is 8.62. The third-order valence-corrected chi connectivity index (χ3v) is 3.62. The fourth-order valence-electron chi connectivity index (χ4n) is 1.42. The average Bonchev–Trinajstić information content (AvgIpc) is 2.16. The monoisotopic (exact) mass is 202 g/mol. The Labute approximate surface area is 84.5 Å². The summed E-state index contributed by atoms with van der Waals surface area (Å²) in [6, 6.07) is 0.152. The maximum Gasteiger partial charge on any atom is 0.319 e. The van der Waals surface area contributed by atoms with Crippen LogP contribution in [0, 0.1) is 0 Å². The van der Waals surface area contributed by atoms with Gasteiger partial charge < -0.3 is 9.80 Å². The maximum atomic E-state index is 11.6. The van der Waals surface area contributed by atoms with E-state index in [9.17, 15) is 4.79 Å². The molecular formula is C9H18N2OS. The molecule has 1 fully saturated rings. The standard InChI is InChI=1S/C9H18N2OS/c1-4-8-7-11(5-6-13-8)9(12)10(2)3/h8H,4-7H2,1-3H3. The molecule has 1 saturated heterocycles. The first-order valence-corrected chi connectivity index (χ1v) is 5.77. The van der Waals surface area contributed by atoms with Gasteiger partial charge in [-0.2, -0.15) is 11.8 Å². The Balaban J connectivity index is 2.46. The van der Waals surface area contributed by atoms with E-state index in [0.717, 1.165) is 25.3 Å². The van der Waals surface area contributed by atoms with Gasteiger partial charge in [-0.1, -0.05) is 6.92 Å². The number of rotatable bonds is 1. The number of amides is 2. The van der Waals surface area contributed by atoms with Gasteiger partial charge in [-0.25, -0.2) is 4.79 Å². The molecule has 3 nitrogen and oxygen atoms in total. The van der Waals surface area contributed by atoms with Gasteiger partial charge in [0, 0.05) is 38.2 Å². The number of carbonyl (C=O) groups is 1. The molecule has 1 rings (SSSR count). The molecule has 0 bridgehead atoms. The summed E-state index contributed by atoms with van der Waals surface area (Å²) in [5.41, 5.74) is 0.